The van der Waals surface area contributed by atoms with E-state index in [1.54, 1.807) is 18.2 Å². The molecule has 0 radical (unpaired) electrons. The lowest BCUT2D eigenvalue weighted by atomic mass is 9.89. The lowest BCUT2D eigenvalue weighted by molar-refractivity contribution is -0.136. The lowest BCUT2D eigenvalue weighted by Crippen LogP contribution is -2.52. The van der Waals surface area contributed by atoms with Crippen LogP contribution in [0.1, 0.15) is 54.4 Å². The summed E-state index contributed by atoms with van der Waals surface area (Å²) in [6.07, 6.45) is 6.19. The minimum atomic E-state index is -0.213. The first-order chi connectivity index (χ1) is 15.6. The Morgan fingerprint density at radius 2 is 1.72 bits per heavy atom. The SMILES string of the molecule is NC1CCCCC1N(Cc1ccc(NC(=O)c2ccc3c(c2)OCO3)cc1)C(=O)C1CC1. The number of amides is 2. The molecule has 2 unspecified atom stereocenters. The molecule has 3 aliphatic rings. The number of hydrogen-bond donors (Lipinski definition) is 2. The first-order valence-electron chi connectivity index (χ1n) is 11.4. The molecule has 3 N–H and O–H groups in total. The van der Waals surface area contributed by atoms with Gasteiger partial charge >= 0.3 is 0 Å². The van der Waals surface area contributed by atoms with E-state index in [4.69, 9.17) is 15.2 Å². The standard InChI is InChI=1S/C25H29N3O4/c26-20-3-1-2-4-21(20)28(25(30)17-7-8-17)14-16-5-10-19(11-6-16)27-24(29)18-9-12-22-23(13-18)32-15-31-22/h5-6,9-13,17,20-21H,1-4,7-8,14-15,26H2,(H,27,29). The molecule has 7 heteroatoms. The molecule has 2 amide bonds. The van der Waals surface area contributed by atoms with Crippen LogP contribution in [0.3, 0.4) is 0 Å². The van der Waals surface area contributed by atoms with Crippen LogP contribution in [-0.2, 0) is 11.3 Å². The molecule has 2 saturated carbocycles. The molecule has 0 aromatic heterocycles. The number of ether oxygens (including phenoxy) is 2. The third-order valence-corrected chi connectivity index (χ3v) is 6.59. The Morgan fingerprint density at radius 1 is 0.969 bits per heavy atom. The van der Waals surface area contributed by atoms with E-state index in [-0.39, 0.29) is 36.6 Å². The van der Waals surface area contributed by atoms with Crippen molar-refractivity contribution in [2.45, 2.75) is 57.2 Å². The molecule has 0 bridgehead atoms. The van der Waals surface area contributed by atoms with Crippen molar-refractivity contribution in [1.29, 1.82) is 0 Å². The Balaban J connectivity index is 1.26. The number of benzene rings is 2. The predicted molar refractivity (Wildman–Crippen MR) is 120 cm³/mol. The van der Waals surface area contributed by atoms with E-state index < -0.39 is 0 Å². The van der Waals surface area contributed by atoms with Crippen LogP contribution in [0, 0.1) is 5.92 Å². The van der Waals surface area contributed by atoms with E-state index >= 15 is 0 Å². The molecular weight excluding hydrogens is 406 g/mol. The van der Waals surface area contributed by atoms with Crippen LogP contribution in [-0.4, -0.2) is 35.6 Å². The zero-order chi connectivity index (χ0) is 22.1. The van der Waals surface area contributed by atoms with Gasteiger partial charge in [-0.1, -0.05) is 25.0 Å². The molecule has 1 aliphatic heterocycles. The maximum atomic E-state index is 13.0. The number of anilines is 1. The summed E-state index contributed by atoms with van der Waals surface area (Å²) in [5, 5.41) is 2.92. The summed E-state index contributed by atoms with van der Waals surface area (Å²) >= 11 is 0. The molecule has 0 saturated heterocycles. The van der Waals surface area contributed by atoms with Gasteiger partial charge in [-0.2, -0.15) is 0 Å². The fourth-order valence-corrected chi connectivity index (χ4v) is 4.58. The summed E-state index contributed by atoms with van der Waals surface area (Å²) in [4.78, 5) is 27.6. The number of rotatable bonds is 6. The molecule has 2 atom stereocenters. The topological polar surface area (TPSA) is 93.9 Å². The third kappa shape index (κ3) is 4.43. The highest BCUT2D eigenvalue weighted by molar-refractivity contribution is 6.04. The summed E-state index contributed by atoms with van der Waals surface area (Å²) in [6.45, 7) is 0.734. The Morgan fingerprint density at radius 3 is 2.47 bits per heavy atom. The Kier molecular flexibility index (Phi) is 5.74. The smallest absolute Gasteiger partial charge is 0.255 e. The number of carbonyl (C=O) groups is 2. The second kappa shape index (κ2) is 8.82. The van der Waals surface area contributed by atoms with Crippen molar-refractivity contribution >= 4 is 17.5 Å². The zero-order valence-corrected chi connectivity index (χ0v) is 18.1. The summed E-state index contributed by atoms with van der Waals surface area (Å²) < 4.78 is 10.6. The molecule has 5 rings (SSSR count). The van der Waals surface area contributed by atoms with E-state index in [2.05, 4.69) is 5.32 Å². The second-order valence-electron chi connectivity index (χ2n) is 8.98. The molecule has 2 fully saturated rings. The number of nitrogens with two attached hydrogens (primary N) is 1. The van der Waals surface area contributed by atoms with Crippen LogP contribution in [0.4, 0.5) is 5.69 Å². The highest BCUT2D eigenvalue weighted by Crippen LogP contribution is 2.35. The van der Waals surface area contributed by atoms with Crippen LogP contribution < -0.4 is 20.5 Å². The van der Waals surface area contributed by atoms with E-state index in [0.29, 0.717) is 29.3 Å². The molecule has 1 heterocycles. The molecule has 0 spiro atoms. The van der Waals surface area contributed by atoms with Gasteiger partial charge in [0.05, 0.1) is 0 Å². The van der Waals surface area contributed by atoms with Gasteiger partial charge in [0.15, 0.2) is 11.5 Å². The van der Waals surface area contributed by atoms with Gasteiger partial charge in [0.2, 0.25) is 12.7 Å². The van der Waals surface area contributed by atoms with Crippen LogP contribution in [0.15, 0.2) is 42.5 Å². The van der Waals surface area contributed by atoms with E-state index in [1.165, 1.54) is 0 Å². The van der Waals surface area contributed by atoms with Crippen LogP contribution >= 0.6 is 0 Å². The normalized spacial score (nSPS) is 21.8. The number of fused-ring (bicyclic) bond motifs is 1. The number of hydrogen-bond acceptors (Lipinski definition) is 5. The van der Waals surface area contributed by atoms with E-state index in [9.17, 15) is 9.59 Å². The minimum Gasteiger partial charge on any atom is -0.454 e. The minimum absolute atomic E-state index is 0.0479. The van der Waals surface area contributed by atoms with Gasteiger partial charge in [0, 0.05) is 35.8 Å². The molecular formula is C25H29N3O4. The lowest BCUT2D eigenvalue weighted by Gasteiger charge is -2.38. The van der Waals surface area contributed by atoms with Crippen LogP contribution in [0.25, 0.3) is 0 Å². The van der Waals surface area contributed by atoms with Crippen molar-refractivity contribution < 1.29 is 19.1 Å². The van der Waals surface area contributed by atoms with Crippen LogP contribution in [0.5, 0.6) is 11.5 Å². The van der Waals surface area contributed by atoms with Crippen molar-refractivity contribution in [2.75, 3.05) is 12.1 Å². The summed E-state index contributed by atoms with van der Waals surface area (Å²) in [5.74, 6) is 1.43. The van der Waals surface area contributed by atoms with Gasteiger partial charge in [-0.3, -0.25) is 9.59 Å². The molecule has 7 nitrogen and oxygen atoms in total. The summed E-state index contributed by atoms with van der Waals surface area (Å²) in [6, 6.07) is 13.0. The molecule has 32 heavy (non-hydrogen) atoms. The second-order valence-corrected chi connectivity index (χ2v) is 8.98. The van der Waals surface area contributed by atoms with Gasteiger partial charge < -0.3 is 25.4 Å². The fraction of sp³-hybridized carbons (Fsp3) is 0.440. The number of carbonyl (C=O) groups excluding carboxylic acids is 2. The fourth-order valence-electron chi connectivity index (χ4n) is 4.58. The van der Waals surface area contributed by atoms with Crippen molar-refractivity contribution in [2.24, 2.45) is 11.7 Å². The van der Waals surface area contributed by atoms with Crippen molar-refractivity contribution in [3.05, 3.63) is 53.6 Å². The zero-order valence-electron chi connectivity index (χ0n) is 18.1. The first-order valence-corrected chi connectivity index (χ1v) is 11.4. The Labute approximate surface area is 187 Å². The van der Waals surface area contributed by atoms with Gasteiger partial charge in [-0.05, 0) is 61.6 Å². The molecule has 168 valence electrons. The summed E-state index contributed by atoms with van der Waals surface area (Å²) in [7, 11) is 0. The maximum absolute atomic E-state index is 13.0. The van der Waals surface area contributed by atoms with Gasteiger partial charge in [0.1, 0.15) is 0 Å². The Hall–Kier alpha value is -3.06. The first kappa shape index (κ1) is 20.8. The van der Waals surface area contributed by atoms with Crippen molar-refractivity contribution in [1.82, 2.24) is 4.90 Å². The largest absolute Gasteiger partial charge is 0.454 e. The molecule has 2 aliphatic carbocycles. The van der Waals surface area contributed by atoms with Gasteiger partial charge in [-0.25, -0.2) is 0 Å². The highest BCUT2D eigenvalue weighted by atomic mass is 16.7. The monoisotopic (exact) mass is 435 g/mol. The average Bonchev–Trinajstić information content (AvgIpc) is 3.55. The maximum Gasteiger partial charge on any atom is 0.255 e. The Bertz CT molecular complexity index is 1000. The quantitative estimate of drug-likeness (QED) is 0.722. The van der Waals surface area contributed by atoms with E-state index in [0.717, 1.165) is 44.1 Å². The van der Waals surface area contributed by atoms with Crippen molar-refractivity contribution in [3.63, 3.8) is 0 Å². The molecule has 2 aromatic rings. The van der Waals surface area contributed by atoms with Gasteiger partial charge in [0.25, 0.3) is 5.91 Å². The van der Waals surface area contributed by atoms with Crippen LogP contribution in [0.2, 0.25) is 0 Å². The number of nitrogens with one attached hydrogen (secondary N) is 1. The number of nitrogens with zero attached hydrogens (tertiary/aromatic N) is 1. The third-order valence-electron chi connectivity index (χ3n) is 6.59. The molecule has 2 aromatic carbocycles. The van der Waals surface area contributed by atoms with Crippen molar-refractivity contribution in [3.8, 4) is 11.5 Å². The average molecular weight is 436 g/mol. The summed E-state index contributed by atoms with van der Waals surface area (Å²) in [5.41, 5.74) is 8.65. The predicted octanol–water partition coefficient (Wildman–Crippen LogP) is 3.68. The highest BCUT2D eigenvalue weighted by Gasteiger charge is 2.38. The van der Waals surface area contributed by atoms with Gasteiger partial charge in [-0.15, -0.1) is 0 Å². The van der Waals surface area contributed by atoms with E-state index in [1.807, 2.05) is 29.2 Å².